The minimum Gasteiger partial charge on any atom is -0.375 e. The molecular weight excluding hydrogens is 192 g/mol. The summed E-state index contributed by atoms with van der Waals surface area (Å²) >= 11 is 0. The van der Waals surface area contributed by atoms with E-state index < -0.39 is 0 Å². The molecule has 1 heterocycles. The van der Waals surface area contributed by atoms with Crippen molar-refractivity contribution in [2.75, 3.05) is 33.4 Å². The molecule has 1 fully saturated rings. The Kier molecular flexibility index (Phi) is 5.16. The average Bonchev–Trinajstić information content (AvgIpc) is 2.27. The van der Waals surface area contributed by atoms with Gasteiger partial charge < -0.3 is 15.0 Å². The molecule has 0 atom stereocenters. The molecule has 0 spiro atoms. The molecule has 0 aromatic carbocycles. The molecule has 1 saturated heterocycles. The summed E-state index contributed by atoms with van der Waals surface area (Å²) in [7, 11) is 1.54. The third-order valence-corrected chi connectivity index (χ3v) is 2.61. The molecule has 0 aromatic rings. The van der Waals surface area contributed by atoms with Crippen LogP contribution >= 0.6 is 0 Å². The largest absolute Gasteiger partial charge is 0.375 e. The number of ether oxygens (including phenoxy) is 1. The Hall–Kier alpha value is -1.05. The summed E-state index contributed by atoms with van der Waals surface area (Å²) in [6.07, 6.45) is 7.11. The van der Waals surface area contributed by atoms with Gasteiger partial charge >= 0.3 is 0 Å². The Morgan fingerprint density at radius 1 is 1.60 bits per heavy atom. The lowest BCUT2D eigenvalue weighted by atomic mass is 10.1. The van der Waals surface area contributed by atoms with E-state index in [2.05, 4.69) is 11.2 Å². The number of nitrogens with one attached hydrogen (secondary N) is 1. The van der Waals surface area contributed by atoms with E-state index in [0.717, 1.165) is 25.9 Å². The van der Waals surface area contributed by atoms with Crippen molar-refractivity contribution >= 4 is 5.91 Å². The van der Waals surface area contributed by atoms with E-state index in [-0.39, 0.29) is 12.5 Å². The van der Waals surface area contributed by atoms with Crippen LogP contribution in [-0.2, 0) is 9.53 Å². The molecule has 0 saturated carbocycles. The third kappa shape index (κ3) is 3.90. The van der Waals surface area contributed by atoms with Gasteiger partial charge in [0.1, 0.15) is 6.61 Å². The zero-order chi connectivity index (χ0) is 11.1. The van der Waals surface area contributed by atoms with Crippen LogP contribution in [0.25, 0.3) is 0 Å². The van der Waals surface area contributed by atoms with Gasteiger partial charge in [0.15, 0.2) is 0 Å². The van der Waals surface area contributed by atoms with Crippen LogP contribution in [-0.4, -0.2) is 50.2 Å². The quantitative estimate of drug-likeness (QED) is 0.656. The first-order valence-corrected chi connectivity index (χ1v) is 5.21. The molecule has 4 nitrogen and oxygen atoms in total. The highest BCUT2D eigenvalue weighted by molar-refractivity contribution is 5.77. The number of terminal acetylenes is 1. The average molecular weight is 210 g/mol. The summed E-state index contributed by atoms with van der Waals surface area (Å²) in [5.41, 5.74) is 0. The van der Waals surface area contributed by atoms with Gasteiger partial charge in [-0.2, -0.15) is 0 Å². The maximum absolute atomic E-state index is 11.5. The fourth-order valence-electron chi connectivity index (χ4n) is 1.75. The van der Waals surface area contributed by atoms with Gasteiger partial charge in [0.05, 0.1) is 6.54 Å². The number of nitrogens with zero attached hydrogens (tertiary/aromatic N) is 1. The van der Waals surface area contributed by atoms with E-state index in [1.807, 2.05) is 4.90 Å². The van der Waals surface area contributed by atoms with Crippen molar-refractivity contribution in [1.29, 1.82) is 0 Å². The number of carbonyl (C=O) groups excluding carboxylic acids is 1. The molecule has 1 aliphatic heterocycles. The molecule has 0 unspecified atom stereocenters. The first kappa shape index (κ1) is 12.0. The van der Waals surface area contributed by atoms with Gasteiger partial charge in [0.25, 0.3) is 0 Å². The predicted octanol–water partition coefficient (Wildman–Crippen LogP) is -0.153. The number of rotatable bonds is 4. The summed E-state index contributed by atoms with van der Waals surface area (Å²) in [6.45, 7) is 2.38. The van der Waals surface area contributed by atoms with Crippen LogP contribution in [0, 0.1) is 12.3 Å². The maximum atomic E-state index is 11.5. The molecule has 0 aromatic heterocycles. The van der Waals surface area contributed by atoms with Gasteiger partial charge in [-0.3, -0.25) is 4.79 Å². The van der Waals surface area contributed by atoms with E-state index >= 15 is 0 Å². The number of amides is 1. The molecule has 1 amide bonds. The topological polar surface area (TPSA) is 41.6 Å². The van der Waals surface area contributed by atoms with Crippen molar-refractivity contribution in [3.63, 3.8) is 0 Å². The van der Waals surface area contributed by atoms with Crippen LogP contribution < -0.4 is 5.32 Å². The van der Waals surface area contributed by atoms with E-state index in [0.29, 0.717) is 12.6 Å². The fourth-order valence-corrected chi connectivity index (χ4v) is 1.75. The molecule has 1 aliphatic rings. The fraction of sp³-hybridized carbons (Fsp3) is 0.727. The van der Waals surface area contributed by atoms with Gasteiger partial charge in [-0.15, -0.1) is 6.42 Å². The molecule has 1 N–H and O–H groups in total. The number of hydrogen-bond donors (Lipinski definition) is 1. The SMILES string of the molecule is C#CCNC1CCN(C(=O)COC)CC1. The molecule has 1 rings (SSSR count). The molecule has 15 heavy (non-hydrogen) atoms. The normalized spacial score (nSPS) is 17.5. The van der Waals surface area contributed by atoms with Gasteiger partial charge in [-0.25, -0.2) is 0 Å². The number of likely N-dealkylation sites (tertiary alicyclic amines) is 1. The lowest BCUT2D eigenvalue weighted by Gasteiger charge is -2.32. The number of hydrogen-bond acceptors (Lipinski definition) is 3. The molecular formula is C11H18N2O2. The Morgan fingerprint density at radius 3 is 2.80 bits per heavy atom. The number of piperidine rings is 1. The van der Waals surface area contributed by atoms with Crippen LogP contribution in [0.15, 0.2) is 0 Å². The van der Waals surface area contributed by atoms with E-state index in [9.17, 15) is 4.79 Å². The molecule has 84 valence electrons. The van der Waals surface area contributed by atoms with Crippen LogP contribution in [0.4, 0.5) is 0 Å². The Balaban J connectivity index is 2.23. The van der Waals surface area contributed by atoms with Crippen LogP contribution in [0.1, 0.15) is 12.8 Å². The first-order chi connectivity index (χ1) is 7.27. The lowest BCUT2D eigenvalue weighted by molar-refractivity contribution is -0.136. The Labute approximate surface area is 91.0 Å². The van der Waals surface area contributed by atoms with Gasteiger partial charge in [0.2, 0.25) is 5.91 Å². The van der Waals surface area contributed by atoms with Gasteiger partial charge in [-0.05, 0) is 12.8 Å². The summed E-state index contributed by atoms with van der Waals surface area (Å²) in [4.78, 5) is 13.3. The smallest absolute Gasteiger partial charge is 0.248 e. The Bertz CT molecular complexity index is 239. The van der Waals surface area contributed by atoms with Crippen molar-refractivity contribution < 1.29 is 9.53 Å². The number of carbonyl (C=O) groups is 1. The minimum atomic E-state index is 0.0768. The minimum absolute atomic E-state index is 0.0768. The lowest BCUT2D eigenvalue weighted by Crippen LogP contribution is -2.46. The second kappa shape index (κ2) is 6.44. The van der Waals surface area contributed by atoms with Crippen molar-refractivity contribution in [3.8, 4) is 12.3 Å². The first-order valence-electron chi connectivity index (χ1n) is 5.21. The molecule has 0 aliphatic carbocycles. The van der Waals surface area contributed by atoms with Crippen LogP contribution in [0.5, 0.6) is 0 Å². The highest BCUT2D eigenvalue weighted by Crippen LogP contribution is 2.10. The van der Waals surface area contributed by atoms with E-state index in [1.54, 1.807) is 7.11 Å². The molecule has 4 heteroatoms. The van der Waals surface area contributed by atoms with E-state index in [1.165, 1.54) is 0 Å². The standard InChI is InChI=1S/C11H18N2O2/c1-3-6-12-10-4-7-13(8-5-10)11(14)9-15-2/h1,10,12H,4-9H2,2H3. The Morgan fingerprint density at radius 2 is 2.27 bits per heavy atom. The molecule has 0 bridgehead atoms. The van der Waals surface area contributed by atoms with Crippen molar-refractivity contribution in [2.45, 2.75) is 18.9 Å². The summed E-state index contributed by atoms with van der Waals surface area (Å²) in [6, 6.07) is 0.452. The van der Waals surface area contributed by atoms with E-state index in [4.69, 9.17) is 11.2 Å². The third-order valence-electron chi connectivity index (χ3n) is 2.61. The van der Waals surface area contributed by atoms with Crippen molar-refractivity contribution in [1.82, 2.24) is 10.2 Å². The summed E-state index contributed by atoms with van der Waals surface area (Å²) in [5.74, 6) is 2.63. The predicted molar refractivity (Wildman–Crippen MR) is 58.3 cm³/mol. The second-order valence-corrected chi connectivity index (χ2v) is 3.67. The van der Waals surface area contributed by atoms with Crippen LogP contribution in [0.3, 0.4) is 0 Å². The summed E-state index contributed by atoms with van der Waals surface area (Å²) in [5, 5.41) is 3.26. The van der Waals surface area contributed by atoms with Crippen molar-refractivity contribution in [3.05, 3.63) is 0 Å². The van der Waals surface area contributed by atoms with Gasteiger partial charge in [0, 0.05) is 26.2 Å². The van der Waals surface area contributed by atoms with Gasteiger partial charge in [-0.1, -0.05) is 5.92 Å². The highest BCUT2D eigenvalue weighted by atomic mass is 16.5. The zero-order valence-electron chi connectivity index (χ0n) is 9.16. The maximum Gasteiger partial charge on any atom is 0.248 e. The highest BCUT2D eigenvalue weighted by Gasteiger charge is 2.21. The van der Waals surface area contributed by atoms with Crippen molar-refractivity contribution in [2.24, 2.45) is 0 Å². The molecule has 0 radical (unpaired) electrons. The van der Waals surface area contributed by atoms with Crippen LogP contribution in [0.2, 0.25) is 0 Å². The monoisotopic (exact) mass is 210 g/mol. The second-order valence-electron chi connectivity index (χ2n) is 3.67. The zero-order valence-corrected chi connectivity index (χ0v) is 9.16. The number of methoxy groups -OCH3 is 1. The summed E-state index contributed by atoms with van der Waals surface area (Å²) < 4.78 is 4.82.